The Morgan fingerprint density at radius 1 is 1.03 bits per heavy atom. The van der Waals surface area contributed by atoms with Gasteiger partial charge in [0.05, 0.1) is 31.4 Å². The normalized spacial score (nSPS) is 17.8. The Labute approximate surface area is 181 Å². The predicted molar refractivity (Wildman–Crippen MR) is 114 cm³/mol. The molecule has 2 aromatic carbocycles. The molecule has 0 aliphatic carbocycles. The maximum atomic E-state index is 13.0. The molecule has 0 spiro atoms. The van der Waals surface area contributed by atoms with Gasteiger partial charge < -0.3 is 14.4 Å². The van der Waals surface area contributed by atoms with Gasteiger partial charge >= 0.3 is 0 Å². The first-order chi connectivity index (χ1) is 15.0. The summed E-state index contributed by atoms with van der Waals surface area (Å²) in [5, 5.41) is 0. The van der Waals surface area contributed by atoms with Gasteiger partial charge in [-0.1, -0.05) is 12.1 Å². The van der Waals surface area contributed by atoms with Crippen LogP contribution in [0.15, 0.2) is 42.5 Å². The number of amides is 3. The highest BCUT2D eigenvalue weighted by atomic mass is 16.5. The molecule has 0 saturated carbocycles. The Bertz CT molecular complexity index is 984. The third kappa shape index (κ3) is 3.87. The van der Waals surface area contributed by atoms with Crippen LogP contribution < -0.4 is 9.47 Å². The van der Waals surface area contributed by atoms with Gasteiger partial charge in [-0.3, -0.25) is 19.3 Å². The van der Waals surface area contributed by atoms with Crippen LogP contribution in [0.25, 0.3) is 0 Å². The summed E-state index contributed by atoms with van der Waals surface area (Å²) in [5.74, 6) is 0.905. The van der Waals surface area contributed by atoms with Gasteiger partial charge in [0.15, 0.2) is 0 Å². The van der Waals surface area contributed by atoms with Crippen LogP contribution in [0.3, 0.4) is 0 Å². The van der Waals surface area contributed by atoms with E-state index in [4.69, 9.17) is 9.47 Å². The molecule has 2 heterocycles. The third-order valence-electron chi connectivity index (χ3n) is 6.02. The number of methoxy groups -OCH3 is 2. The molecule has 4 rings (SSSR count). The van der Waals surface area contributed by atoms with E-state index in [-0.39, 0.29) is 36.7 Å². The van der Waals surface area contributed by atoms with Gasteiger partial charge in [0.25, 0.3) is 11.8 Å². The fourth-order valence-electron chi connectivity index (χ4n) is 4.46. The molecule has 2 aliphatic rings. The number of imide groups is 1. The van der Waals surface area contributed by atoms with Gasteiger partial charge in [0, 0.05) is 25.1 Å². The van der Waals surface area contributed by atoms with Crippen molar-refractivity contribution in [1.29, 1.82) is 0 Å². The SMILES string of the molecule is COc1ccc(OC)c([C@H]2CCCN2C(=O)CCCN2C(=O)c3ccccc3C2=O)c1. The van der Waals surface area contributed by atoms with E-state index in [0.717, 1.165) is 29.9 Å². The molecule has 31 heavy (non-hydrogen) atoms. The van der Waals surface area contributed by atoms with Crippen molar-refractivity contribution in [2.24, 2.45) is 0 Å². The molecule has 0 radical (unpaired) electrons. The van der Waals surface area contributed by atoms with E-state index in [1.165, 1.54) is 4.90 Å². The summed E-state index contributed by atoms with van der Waals surface area (Å²) in [4.78, 5) is 41.1. The molecule has 1 fully saturated rings. The minimum absolute atomic E-state index is 0.0176. The van der Waals surface area contributed by atoms with Crippen LogP contribution in [-0.4, -0.2) is 54.8 Å². The largest absolute Gasteiger partial charge is 0.497 e. The van der Waals surface area contributed by atoms with Crippen molar-refractivity contribution in [3.8, 4) is 11.5 Å². The van der Waals surface area contributed by atoms with Crippen molar-refractivity contribution in [1.82, 2.24) is 9.80 Å². The van der Waals surface area contributed by atoms with Crippen LogP contribution in [0.1, 0.15) is 58.0 Å². The summed E-state index contributed by atoms with van der Waals surface area (Å²) in [6.45, 7) is 0.913. The van der Waals surface area contributed by atoms with Crippen molar-refractivity contribution < 1.29 is 23.9 Å². The quantitative estimate of drug-likeness (QED) is 0.639. The number of hydrogen-bond acceptors (Lipinski definition) is 5. The lowest BCUT2D eigenvalue weighted by molar-refractivity contribution is -0.132. The molecule has 7 heteroatoms. The predicted octanol–water partition coefficient (Wildman–Crippen LogP) is 3.44. The van der Waals surface area contributed by atoms with Gasteiger partial charge in [-0.25, -0.2) is 0 Å². The van der Waals surface area contributed by atoms with E-state index in [1.54, 1.807) is 38.5 Å². The zero-order chi connectivity index (χ0) is 22.0. The zero-order valence-corrected chi connectivity index (χ0v) is 17.8. The zero-order valence-electron chi connectivity index (χ0n) is 17.8. The molecule has 2 aliphatic heterocycles. The van der Waals surface area contributed by atoms with Gasteiger partial charge in [-0.05, 0) is 49.6 Å². The number of hydrogen-bond donors (Lipinski definition) is 0. The third-order valence-corrected chi connectivity index (χ3v) is 6.02. The van der Waals surface area contributed by atoms with E-state index in [1.807, 2.05) is 23.1 Å². The first-order valence-electron chi connectivity index (χ1n) is 10.5. The Hall–Kier alpha value is -3.35. The second-order valence-corrected chi connectivity index (χ2v) is 7.76. The summed E-state index contributed by atoms with van der Waals surface area (Å²) >= 11 is 0. The molecule has 3 amide bonds. The Morgan fingerprint density at radius 2 is 1.74 bits per heavy atom. The van der Waals surface area contributed by atoms with Crippen molar-refractivity contribution in [2.45, 2.75) is 31.7 Å². The monoisotopic (exact) mass is 422 g/mol. The van der Waals surface area contributed by atoms with Gasteiger partial charge in [0.2, 0.25) is 5.91 Å². The first-order valence-corrected chi connectivity index (χ1v) is 10.5. The number of ether oxygens (including phenoxy) is 2. The lowest BCUT2D eigenvalue weighted by Crippen LogP contribution is -2.33. The van der Waals surface area contributed by atoms with E-state index < -0.39 is 0 Å². The van der Waals surface area contributed by atoms with E-state index in [2.05, 4.69) is 0 Å². The summed E-state index contributed by atoms with van der Waals surface area (Å²) in [6.07, 6.45) is 2.47. The number of nitrogens with zero attached hydrogens (tertiary/aromatic N) is 2. The number of carbonyl (C=O) groups is 3. The summed E-state index contributed by atoms with van der Waals surface area (Å²) in [6, 6.07) is 12.4. The Morgan fingerprint density at radius 3 is 2.39 bits per heavy atom. The van der Waals surface area contributed by atoms with Crippen molar-refractivity contribution in [3.05, 3.63) is 59.2 Å². The Balaban J connectivity index is 1.40. The maximum absolute atomic E-state index is 13.0. The van der Waals surface area contributed by atoms with E-state index >= 15 is 0 Å². The van der Waals surface area contributed by atoms with Gasteiger partial charge in [-0.15, -0.1) is 0 Å². The topological polar surface area (TPSA) is 76.2 Å². The van der Waals surface area contributed by atoms with Crippen LogP contribution in [0.4, 0.5) is 0 Å². The van der Waals surface area contributed by atoms with Crippen LogP contribution >= 0.6 is 0 Å². The molecular weight excluding hydrogens is 396 g/mol. The van der Waals surface area contributed by atoms with Crippen molar-refractivity contribution in [3.63, 3.8) is 0 Å². The van der Waals surface area contributed by atoms with Crippen molar-refractivity contribution >= 4 is 17.7 Å². The van der Waals surface area contributed by atoms with Crippen LogP contribution in [0.2, 0.25) is 0 Å². The van der Waals surface area contributed by atoms with Gasteiger partial charge in [-0.2, -0.15) is 0 Å². The molecule has 0 bridgehead atoms. The van der Waals surface area contributed by atoms with Crippen LogP contribution in [-0.2, 0) is 4.79 Å². The van der Waals surface area contributed by atoms with Crippen LogP contribution in [0.5, 0.6) is 11.5 Å². The second-order valence-electron chi connectivity index (χ2n) is 7.76. The average Bonchev–Trinajstić information content (AvgIpc) is 3.38. The van der Waals surface area contributed by atoms with E-state index in [9.17, 15) is 14.4 Å². The molecule has 0 aromatic heterocycles. The van der Waals surface area contributed by atoms with Gasteiger partial charge in [0.1, 0.15) is 11.5 Å². The molecular formula is C24H26N2O5. The van der Waals surface area contributed by atoms with Crippen molar-refractivity contribution in [2.75, 3.05) is 27.3 Å². The second kappa shape index (κ2) is 8.79. The first kappa shape index (κ1) is 20.9. The lowest BCUT2D eigenvalue weighted by atomic mass is 10.0. The molecule has 0 N–H and O–H groups in total. The van der Waals surface area contributed by atoms with E-state index in [0.29, 0.717) is 24.1 Å². The minimum atomic E-state index is -0.284. The highest BCUT2D eigenvalue weighted by Crippen LogP contribution is 2.39. The number of benzene rings is 2. The summed E-state index contributed by atoms with van der Waals surface area (Å²) in [7, 11) is 3.23. The number of fused-ring (bicyclic) bond motifs is 1. The Kier molecular flexibility index (Phi) is 5.93. The standard InChI is InChI=1S/C24H26N2O5/c1-30-16-11-12-21(31-2)19(15-16)20-9-5-13-25(20)22(27)10-6-14-26-23(28)17-7-3-4-8-18(17)24(26)29/h3-4,7-8,11-12,15,20H,5-6,9-10,13-14H2,1-2H3/t20-/m1/s1. The number of likely N-dealkylation sites (tertiary alicyclic amines) is 1. The number of carbonyl (C=O) groups excluding carboxylic acids is 3. The highest BCUT2D eigenvalue weighted by Gasteiger charge is 2.35. The molecule has 0 unspecified atom stereocenters. The molecule has 1 atom stereocenters. The molecule has 162 valence electrons. The summed E-state index contributed by atoms with van der Waals surface area (Å²) < 4.78 is 10.9. The lowest BCUT2D eigenvalue weighted by Gasteiger charge is -2.27. The fraction of sp³-hybridized carbons (Fsp3) is 0.375. The smallest absolute Gasteiger partial charge is 0.261 e. The fourth-order valence-corrected chi connectivity index (χ4v) is 4.46. The molecule has 2 aromatic rings. The maximum Gasteiger partial charge on any atom is 0.261 e. The minimum Gasteiger partial charge on any atom is -0.497 e. The number of rotatable bonds is 7. The molecule has 1 saturated heterocycles. The average molecular weight is 422 g/mol. The highest BCUT2D eigenvalue weighted by molar-refractivity contribution is 6.21. The van der Waals surface area contributed by atoms with Crippen LogP contribution in [0, 0.1) is 0 Å². The summed E-state index contributed by atoms with van der Waals surface area (Å²) in [5.41, 5.74) is 1.81. The molecule has 7 nitrogen and oxygen atoms in total.